The monoisotopic (exact) mass is 474 g/mol. The molecular weight excluding hydrogens is 444 g/mol. The van der Waals surface area contributed by atoms with Crippen molar-refractivity contribution in [1.29, 1.82) is 0 Å². The molecule has 2 aromatic heterocycles. The minimum absolute atomic E-state index is 0.118. The predicted molar refractivity (Wildman–Crippen MR) is 134 cm³/mol. The Labute approximate surface area is 203 Å². The molecule has 35 heavy (non-hydrogen) atoms. The van der Waals surface area contributed by atoms with Gasteiger partial charge in [0.2, 0.25) is 5.91 Å². The predicted octanol–water partition coefficient (Wildman–Crippen LogP) is 2.59. The van der Waals surface area contributed by atoms with Gasteiger partial charge in [-0.25, -0.2) is 4.99 Å². The Morgan fingerprint density at radius 1 is 1.37 bits per heavy atom. The highest BCUT2D eigenvalue weighted by molar-refractivity contribution is 6.09. The van der Waals surface area contributed by atoms with Gasteiger partial charge < -0.3 is 21.3 Å². The summed E-state index contributed by atoms with van der Waals surface area (Å²) in [4.78, 5) is 20.4. The number of benzene rings is 1. The van der Waals surface area contributed by atoms with Crippen molar-refractivity contribution in [3.63, 3.8) is 0 Å². The highest BCUT2D eigenvalue weighted by atomic mass is 16.5. The third kappa shape index (κ3) is 4.86. The van der Waals surface area contributed by atoms with Crippen molar-refractivity contribution < 1.29 is 9.32 Å². The maximum absolute atomic E-state index is 11.6. The second-order valence-corrected chi connectivity index (χ2v) is 8.80. The molecule has 10 nitrogen and oxygen atoms in total. The van der Waals surface area contributed by atoms with Crippen LogP contribution in [0.25, 0.3) is 17.0 Å². The van der Waals surface area contributed by atoms with Gasteiger partial charge in [-0.05, 0) is 36.8 Å². The van der Waals surface area contributed by atoms with E-state index in [1.165, 1.54) is 17.3 Å². The molecule has 1 saturated carbocycles. The maximum atomic E-state index is 11.6. The van der Waals surface area contributed by atoms with Crippen LogP contribution in [0.5, 0.6) is 0 Å². The van der Waals surface area contributed by atoms with Crippen molar-refractivity contribution in [3.05, 3.63) is 72.2 Å². The lowest BCUT2D eigenvalue weighted by Gasteiger charge is -2.41. The summed E-state index contributed by atoms with van der Waals surface area (Å²) >= 11 is 0. The number of nitrogens with two attached hydrogens (primary N) is 2. The van der Waals surface area contributed by atoms with Crippen LogP contribution in [0.3, 0.4) is 0 Å². The average Bonchev–Trinajstić information content (AvgIpc) is 3.48. The number of amides is 1. The van der Waals surface area contributed by atoms with Crippen LogP contribution in [0, 0.1) is 5.92 Å². The molecule has 1 atom stereocenters. The first kappa shape index (κ1) is 23.9. The Morgan fingerprint density at radius 3 is 2.71 bits per heavy atom. The summed E-state index contributed by atoms with van der Waals surface area (Å²) in [5.74, 6) is 1.46. The molecule has 1 aromatic carbocycles. The number of rotatable bonds is 9. The van der Waals surface area contributed by atoms with E-state index >= 15 is 0 Å². The molecule has 182 valence electrons. The van der Waals surface area contributed by atoms with E-state index in [0.29, 0.717) is 23.2 Å². The summed E-state index contributed by atoms with van der Waals surface area (Å²) in [7, 11) is 1.59. The second kappa shape index (κ2) is 9.96. The fourth-order valence-corrected chi connectivity index (χ4v) is 4.25. The molecule has 1 unspecified atom stereocenters. The van der Waals surface area contributed by atoms with Gasteiger partial charge in [0.1, 0.15) is 12.4 Å². The summed E-state index contributed by atoms with van der Waals surface area (Å²) in [5.41, 5.74) is 14.3. The molecule has 0 spiro atoms. The SMILES string of the molecule is C=C(N)N=C/C(=C\N)c1ccc(C(C)(c2noc(-c3cnn(CC(=O)NC)c3)n2)C2CCC2)cc1. The van der Waals surface area contributed by atoms with E-state index in [-0.39, 0.29) is 18.3 Å². The lowest BCUT2D eigenvalue weighted by atomic mass is 9.62. The number of aromatic nitrogens is 4. The summed E-state index contributed by atoms with van der Waals surface area (Å²) in [6.45, 7) is 5.86. The average molecular weight is 475 g/mol. The Hall–Kier alpha value is -4.21. The highest BCUT2D eigenvalue weighted by Gasteiger charge is 2.44. The zero-order chi connectivity index (χ0) is 25.0. The molecule has 1 aliphatic carbocycles. The van der Waals surface area contributed by atoms with Gasteiger partial charge in [0.05, 0.1) is 17.2 Å². The Morgan fingerprint density at radius 2 is 2.11 bits per heavy atom. The standard InChI is InChI=1S/C25H30N8O2/c1-16(27)29-12-18(11-26)17-7-9-21(10-8-17)25(2,20-5-4-6-20)24-31-23(35-32-24)19-13-30-33(14-19)15-22(34)28-3/h7-14,20H,1,4-6,15,26-27H2,2-3H3,(H,28,34)/b18-11+,29-12?. The number of aliphatic imine (C=N–C) groups is 1. The number of nitrogens with zero attached hydrogens (tertiary/aromatic N) is 5. The van der Waals surface area contributed by atoms with Crippen LogP contribution < -0.4 is 16.8 Å². The van der Waals surface area contributed by atoms with Gasteiger partial charge in [-0.1, -0.05) is 42.4 Å². The lowest BCUT2D eigenvalue weighted by Crippen LogP contribution is -2.38. The molecule has 0 radical (unpaired) electrons. The first-order chi connectivity index (χ1) is 16.8. The molecule has 2 heterocycles. The van der Waals surface area contributed by atoms with Gasteiger partial charge in [0.25, 0.3) is 5.89 Å². The minimum Gasteiger partial charge on any atom is -0.404 e. The van der Waals surface area contributed by atoms with Crippen LogP contribution in [0.2, 0.25) is 0 Å². The summed E-state index contributed by atoms with van der Waals surface area (Å²) in [6.07, 6.45) is 9.78. The van der Waals surface area contributed by atoms with Crippen molar-refractivity contribution in [3.8, 4) is 11.5 Å². The number of hydrogen-bond donors (Lipinski definition) is 3. The third-order valence-corrected chi connectivity index (χ3v) is 6.64. The van der Waals surface area contributed by atoms with E-state index in [9.17, 15) is 4.79 Å². The quantitative estimate of drug-likeness (QED) is 0.403. The number of hydrogen-bond acceptors (Lipinski definition) is 8. The number of allylic oxidation sites excluding steroid dienone is 1. The highest BCUT2D eigenvalue weighted by Crippen LogP contribution is 2.47. The van der Waals surface area contributed by atoms with Crippen LogP contribution >= 0.6 is 0 Å². The summed E-state index contributed by atoms with van der Waals surface area (Å²) in [6, 6.07) is 8.14. The molecule has 5 N–H and O–H groups in total. The zero-order valence-corrected chi connectivity index (χ0v) is 19.9. The fraction of sp³-hybridized carbons (Fsp3) is 0.320. The van der Waals surface area contributed by atoms with Crippen molar-refractivity contribution in [2.24, 2.45) is 22.4 Å². The molecule has 1 aliphatic rings. The van der Waals surface area contributed by atoms with Gasteiger partial charge in [0.15, 0.2) is 5.82 Å². The van der Waals surface area contributed by atoms with Crippen LogP contribution in [0.1, 0.15) is 43.1 Å². The Bertz CT molecular complexity index is 1270. The minimum atomic E-state index is -0.428. The normalized spacial score (nSPS) is 16.1. The third-order valence-electron chi connectivity index (χ3n) is 6.64. The Kier molecular flexibility index (Phi) is 6.81. The van der Waals surface area contributed by atoms with E-state index in [4.69, 9.17) is 21.0 Å². The van der Waals surface area contributed by atoms with Crippen LogP contribution in [-0.4, -0.2) is 39.1 Å². The summed E-state index contributed by atoms with van der Waals surface area (Å²) in [5, 5.41) is 11.2. The number of likely N-dealkylation sites (N-methyl/N-ethyl adjacent to an activating group) is 1. The van der Waals surface area contributed by atoms with Crippen LogP contribution in [-0.2, 0) is 16.8 Å². The van der Waals surface area contributed by atoms with Crippen molar-refractivity contribution in [1.82, 2.24) is 25.2 Å². The number of carbonyl (C=O) groups is 1. The van der Waals surface area contributed by atoms with Crippen LogP contribution in [0.15, 0.2) is 64.8 Å². The van der Waals surface area contributed by atoms with E-state index in [2.05, 4.69) is 46.2 Å². The van der Waals surface area contributed by atoms with E-state index < -0.39 is 5.41 Å². The van der Waals surface area contributed by atoms with E-state index in [1.807, 2.05) is 12.1 Å². The van der Waals surface area contributed by atoms with Gasteiger partial charge in [-0.3, -0.25) is 9.48 Å². The molecule has 4 rings (SSSR count). The van der Waals surface area contributed by atoms with Gasteiger partial charge in [-0.2, -0.15) is 10.1 Å². The smallest absolute Gasteiger partial charge is 0.261 e. The van der Waals surface area contributed by atoms with Gasteiger partial charge in [-0.15, -0.1) is 0 Å². The van der Waals surface area contributed by atoms with Gasteiger partial charge in [0, 0.05) is 31.2 Å². The van der Waals surface area contributed by atoms with Crippen LogP contribution in [0.4, 0.5) is 0 Å². The maximum Gasteiger partial charge on any atom is 0.261 e. The molecule has 1 fully saturated rings. The topological polar surface area (TPSA) is 150 Å². The molecule has 0 saturated heterocycles. The lowest BCUT2D eigenvalue weighted by molar-refractivity contribution is -0.121. The van der Waals surface area contributed by atoms with E-state index in [0.717, 1.165) is 29.5 Å². The molecule has 0 bridgehead atoms. The molecule has 0 aliphatic heterocycles. The molecule has 1 amide bonds. The summed E-state index contributed by atoms with van der Waals surface area (Å²) < 4.78 is 7.17. The van der Waals surface area contributed by atoms with Crippen molar-refractivity contribution in [2.45, 2.75) is 38.1 Å². The zero-order valence-electron chi connectivity index (χ0n) is 19.9. The largest absolute Gasteiger partial charge is 0.404 e. The molecular formula is C25H30N8O2. The molecule has 3 aromatic rings. The van der Waals surface area contributed by atoms with Gasteiger partial charge >= 0.3 is 0 Å². The first-order valence-electron chi connectivity index (χ1n) is 11.4. The number of carbonyl (C=O) groups excluding carboxylic acids is 1. The Balaban J connectivity index is 1.63. The fourth-order valence-electron chi connectivity index (χ4n) is 4.25. The second-order valence-electron chi connectivity index (χ2n) is 8.80. The van der Waals surface area contributed by atoms with Crippen molar-refractivity contribution in [2.75, 3.05) is 7.05 Å². The first-order valence-corrected chi connectivity index (χ1v) is 11.4. The molecule has 10 heteroatoms. The van der Waals surface area contributed by atoms with E-state index in [1.54, 1.807) is 25.7 Å². The van der Waals surface area contributed by atoms with Crippen molar-refractivity contribution >= 4 is 17.7 Å². The number of nitrogens with one attached hydrogen (secondary N) is 1.